The van der Waals surface area contributed by atoms with Crippen LogP contribution in [-0.2, 0) is 32.7 Å². The quantitative estimate of drug-likeness (QED) is 0.734. The molecule has 3 aromatic rings. The highest BCUT2D eigenvalue weighted by Gasteiger charge is 2.19. The Morgan fingerprint density at radius 2 is 2.00 bits per heavy atom. The van der Waals surface area contributed by atoms with Gasteiger partial charge in [-0.15, -0.1) is 0 Å². The van der Waals surface area contributed by atoms with Crippen LogP contribution in [0.4, 0.5) is 5.95 Å². The standard InChI is InChI=1S/C17H22N8/c1-2-24-7-6-18-16(24)13-23-8-9-25-15(12-23)10-14(22-25)11-21-17-19-4-3-5-20-17/h3-7,10H,2,8-9,11-13H2,1H3,(H,19,20,21). The normalized spacial score (nSPS) is 14.4. The number of hydrogen-bond donors (Lipinski definition) is 1. The summed E-state index contributed by atoms with van der Waals surface area (Å²) in [4.78, 5) is 15.2. The molecule has 1 N–H and O–H groups in total. The van der Waals surface area contributed by atoms with Crippen LogP contribution in [0.25, 0.3) is 0 Å². The number of fused-ring (bicyclic) bond motifs is 1. The topological polar surface area (TPSA) is 76.7 Å². The van der Waals surface area contributed by atoms with Crippen molar-refractivity contribution in [1.82, 2.24) is 34.2 Å². The first-order valence-electron chi connectivity index (χ1n) is 8.60. The smallest absolute Gasteiger partial charge is 0.222 e. The van der Waals surface area contributed by atoms with Crippen molar-refractivity contribution in [3.63, 3.8) is 0 Å². The molecule has 0 saturated heterocycles. The molecule has 4 heterocycles. The summed E-state index contributed by atoms with van der Waals surface area (Å²) in [6, 6.07) is 3.97. The van der Waals surface area contributed by atoms with Gasteiger partial charge in [0.25, 0.3) is 0 Å². The van der Waals surface area contributed by atoms with Crippen LogP contribution in [0.1, 0.15) is 24.1 Å². The molecular formula is C17H22N8. The third-order valence-corrected chi connectivity index (χ3v) is 4.43. The molecule has 0 unspecified atom stereocenters. The van der Waals surface area contributed by atoms with Crippen molar-refractivity contribution in [2.75, 3.05) is 11.9 Å². The zero-order valence-corrected chi connectivity index (χ0v) is 14.3. The number of imidazole rings is 1. The van der Waals surface area contributed by atoms with Crippen LogP contribution in [0, 0.1) is 0 Å². The van der Waals surface area contributed by atoms with E-state index in [-0.39, 0.29) is 0 Å². The molecule has 0 aromatic carbocycles. The summed E-state index contributed by atoms with van der Waals surface area (Å²) >= 11 is 0. The molecule has 3 aromatic heterocycles. The van der Waals surface area contributed by atoms with Crippen LogP contribution in [0.3, 0.4) is 0 Å². The first kappa shape index (κ1) is 15.8. The molecule has 130 valence electrons. The van der Waals surface area contributed by atoms with Crippen molar-refractivity contribution < 1.29 is 0 Å². The van der Waals surface area contributed by atoms with E-state index in [1.807, 2.05) is 12.4 Å². The third kappa shape index (κ3) is 3.53. The van der Waals surface area contributed by atoms with Crippen LogP contribution < -0.4 is 5.32 Å². The lowest BCUT2D eigenvalue weighted by atomic mass is 10.2. The van der Waals surface area contributed by atoms with Crippen LogP contribution in [0.5, 0.6) is 0 Å². The first-order chi connectivity index (χ1) is 12.3. The van der Waals surface area contributed by atoms with Crippen molar-refractivity contribution in [3.05, 3.63) is 54.1 Å². The van der Waals surface area contributed by atoms with Crippen molar-refractivity contribution >= 4 is 5.95 Å². The van der Waals surface area contributed by atoms with E-state index in [0.717, 1.165) is 44.2 Å². The van der Waals surface area contributed by atoms with E-state index >= 15 is 0 Å². The van der Waals surface area contributed by atoms with E-state index in [1.54, 1.807) is 18.5 Å². The summed E-state index contributed by atoms with van der Waals surface area (Å²) in [5.41, 5.74) is 2.26. The molecule has 25 heavy (non-hydrogen) atoms. The molecule has 4 rings (SSSR count). The molecular weight excluding hydrogens is 316 g/mol. The molecule has 1 aliphatic heterocycles. The third-order valence-electron chi connectivity index (χ3n) is 4.43. The molecule has 8 heteroatoms. The summed E-state index contributed by atoms with van der Waals surface area (Å²) in [6.45, 7) is 7.39. The minimum atomic E-state index is 0.626. The zero-order valence-electron chi connectivity index (χ0n) is 14.3. The highest BCUT2D eigenvalue weighted by Crippen LogP contribution is 2.16. The molecule has 8 nitrogen and oxygen atoms in total. The second kappa shape index (κ2) is 7.02. The summed E-state index contributed by atoms with van der Waals surface area (Å²) in [6.07, 6.45) is 7.37. The van der Waals surface area contributed by atoms with Gasteiger partial charge in [0.1, 0.15) is 5.82 Å². The van der Waals surface area contributed by atoms with Gasteiger partial charge in [0.15, 0.2) is 0 Å². The lowest BCUT2D eigenvalue weighted by Crippen LogP contribution is -2.34. The van der Waals surface area contributed by atoms with Gasteiger partial charge in [-0.3, -0.25) is 9.58 Å². The van der Waals surface area contributed by atoms with Gasteiger partial charge < -0.3 is 9.88 Å². The number of aryl methyl sites for hydroxylation is 1. The summed E-state index contributed by atoms with van der Waals surface area (Å²) < 4.78 is 4.30. The summed E-state index contributed by atoms with van der Waals surface area (Å²) in [5.74, 6) is 1.75. The van der Waals surface area contributed by atoms with Crippen LogP contribution in [0.15, 0.2) is 36.9 Å². The average molecular weight is 338 g/mol. The molecule has 0 spiro atoms. The van der Waals surface area contributed by atoms with E-state index in [2.05, 4.69) is 52.5 Å². The summed E-state index contributed by atoms with van der Waals surface area (Å²) in [5, 5.41) is 7.89. The number of nitrogens with one attached hydrogen (secondary N) is 1. The second-order valence-electron chi connectivity index (χ2n) is 6.12. The van der Waals surface area contributed by atoms with Gasteiger partial charge in [0.2, 0.25) is 5.95 Å². The number of aromatic nitrogens is 6. The minimum absolute atomic E-state index is 0.626. The largest absolute Gasteiger partial charge is 0.348 e. The number of anilines is 1. The molecule has 0 fully saturated rings. The SMILES string of the molecule is CCn1ccnc1CN1CCn2nc(CNc3ncccn3)cc2C1. The lowest BCUT2D eigenvalue weighted by Gasteiger charge is -2.27. The van der Waals surface area contributed by atoms with E-state index < -0.39 is 0 Å². The van der Waals surface area contributed by atoms with Gasteiger partial charge in [-0.2, -0.15) is 5.10 Å². The molecule has 0 amide bonds. The Labute approximate surface area is 146 Å². The van der Waals surface area contributed by atoms with Gasteiger partial charge in [0.05, 0.1) is 31.0 Å². The van der Waals surface area contributed by atoms with E-state index in [0.29, 0.717) is 12.5 Å². The van der Waals surface area contributed by atoms with Crippen molar-refractivity contribution in [2.24, 2.45) is 0 Å². The maximum atomic E-state index is 4.68. The van der Waals surface area contributed by atoms with E-state index in [1.165, 1.54) is 5.69 Å². The highest BCUT2D eigenvalue weighted by molar-refractivity contribution is 5.24. The Hall–Kier alpha value is -2.74. The van der Waals surface area contributed by atoms with Crippen LogP contribution >= 0.6 is 0 Å². The Bertz CT molecular complexity index is 822. The van der Waals surface area contributed by atoms with E-state index in [9.17, 15) is 0 Å². The summed E-state index contributed by atoms with van der Waals surface area (Å²) in [7, 11) is 0. The van der Waals surface area contributed by atoms with E-state index in [4.69, 9.17) is 0 Å². The van der Waals surface area contributed by atoms with Crippen molar-refractivity contribution in [2.45, 2.75) is 39.6 Å². The molecule has 0 bridgehead atoms. The number of hydrogen-bond acceptors (Lipinski definition) is 6. The van der Waals surface area contributed by atoms with Crippen LogP contribution in [0.2, 0.25) is 0 Å². The fourth-order valence-corrected chi connectivity index (χ4v) is 3.14. The monoisotopic (exact) mass is 338 g/mol. The number of nitrogens with zero attached hydrogens (tertiary/aromatic N) is 7. The lowest BCUT2D eigenvalue weighted by molar-refractivity contribution is 0.198. The van der Waals surface area contributed by atoms with Crippen LogP contribution in [-0.4, -0.2) is 40.7 Å². The predicted octanol–water partition coefficient (Wildman–Crippen LogP) is 1.52. The fourth-order valence-electron chi connectivity index (χ4n) is 3.14. The highest BCUT2D eigenvalue weighted by atomic mass is 15.3. The Morgan fingerprint density at radius 3 is 2.84 bits per heavy atom. The Kier molecular flexibility index (Phi) is 4.43. The first-order valence-corrected chi connectivity index (χ1v) is 8.60. The zero-order chi connectivity index (χ0) is 17.1. The molecule has 0 atom stereocenters. The molecule has 0 saturated carbocycles. The van der Waals surface area contributed by atoms with Gasteiger partial charge in [-0.25, -0.2) is 15.0 Å². The molecule has 1 aliphatic rings. The predicted molar refractivity (Wildman–Crippen MR) is 93.6 cm³/mol. The van der Waals surface area contributed by atoms with Gasteiger partial charge >= 0.3 is 0 Å². The van der Waals surface area contributed by atoms with Crippen molar-refractivity contribution in [3.8, 4) is 0 Å². The van der Waals surface area contributed by atoms with Gasteiger partial charge in [-0.05, 0) is 19.1 Å². The average Bonchev–Trinajstić information content (AvgIpc) is 3.26. The minimum Gasteiger partial charge on any atom is -0.348 e. The van der Waals surface area contributed by atoms with Crippen molar-refractivity contribution in [1.29, 1.82) is 0 Å². The molecule has 0 radical (unpaired) electrons. The second-order valence-corrected chi connectivity index (χ2v) is 6.12. The van der Waals surface area contributed by atoms with Gasteiger partial charge in [0, 0.05) is 44.4 Å². The Morgan fingerprint density at radius 1 is 1.12 bits per heavy atom. The fraction of sp³-hybridized carbons (Fsp3) is 0.412. The van der Waals surface area contributed by atoms with Gasteiger partial charge in [-0.1, -0.05) is 0 Å². The maximum Gasteiger partial charge on any atom is 0.222 e. The Balaban J connectivity index is 1.39. The maximum absolute atomic E-state index is 4.68. The molecule has 0 aliphatic carbocycles. The number of rotatable bonds is 6.